The van der Waals surface area contributed by atoms with Crippen LogP contribution in [-0.4, -0.2) is 37.1 Å². The molecule has 1 fully saturated rings. The van der Waals surface area contributed by atoms with E-state index in [4.69, 9.17) is 0 Å². The van der Waals surface area contributed by atoms with Crippen molar-refractivity contribution in [2.24, 2.45) is 11.8 Å². The molecule has 0 aliphatic heterocycles. The molecule has 3 unspecified atom stereocenters. The van der Waals surface area contributed by atoms with Crippen molar-refractivity contribution in [2.75, 3.05) is 26.2 Å². The molecule has 0 spiro atoms. The van der Waals surface area contributed by atoms with Crippen LogP contribution in [0.4, 0.5) is 0 Å². The van der Waals surface area contributed by atoms with Crippen LogP contribution in [0.3, 0.4) is 0 Å². The maximum Gasteiger partial charge on any atom is 0.0166 e. The first-order valence-electron chi connectivity index (χ1n) is 6.13. The van der Waals surface area contributed by atoms with Crippen LogP contribution in [0.1, 0.15) is 34.1 Å². The van der Waals surface area contributed by atoms with Gasteiger partial charge in [-0.2, -0.15) is 0 Å². The van der Waals surface area contributed by atoms with Gasteiger partial charge in [0.25, 0.3) is 0 Å². The summed E-state index contributed by atoms with van der Waals surface area (Å²) in [6.45, 7) is 13.9. The van der Waals surface area contributed by atoms with Crippen LogP contribution < -0.4 is 5.32 Å². The molecular weight excluding hydrogens is 172 g/mol. The van der Waals surface area contributed by atoms with Gasteiger partial charge in [-0.15, -0.1) is 0 Å². The van der Waals surface area contributed by atoms with E-state index in [2.05, 4.69) is 37.9 Å². The van der Waals surface area contributed by atoms with Gasteiger partial charge in [-0.05, 0) is 44.8 Å². The third-order valence-corrected chi connectivity index (χ3v) is 3.43. The van der Waals surface area contributed by atoms with Gasteiger partial charge >= 0.3 is 0 Å². The average molecular weight is 198 g/mol. The van der Waals surface area contributed by atoms with E-state index in [1.807, 2.05) is 0 Å². The first kappa shape index (κ1) is 12.0. The van der Waals surface area contributed by atoms with E-state index in [1.165, 1.54) is 32.6 Å². The van der Waals surface area contributed by atoms with E-state index >= 15 is 0 Å². The van der Waals surface area contributed by atoms with Crippen molar-refractivity contribution in [3.8, 4) is 0 Å². The van der Waals surface area contributed by atoms with Crippen LogP contribution in [-0.2, 0) is 0 Å². The molecule has 0 heterocycles. The molecule has 84 valence electrons. The Kier molecular flexibility index (Phi) is 4.90. The van der Waals surface area contributed by atoms with E-state index in [9.17, 15) is 0 Å². The molecule has 2 nitrogen and oxygen atoms in total. The predicted octanol–water partition coefficient (Wildman–Crippen LogP) is 1.96. The summed E-state index contributed by atoms with van der Waals surface area (Å²) in [5, 5.41) is 3.63. The van der Waals surface area contributed by atoms with Gasteiger partial charge in [-0.25, -0.2) is 0 Å². The normalized spacial score (nSPS) is 28.1. The highest BCUT2D eigenvalue weighted by atomic mass is 15.1. The van der Waals surface area contributed by atoms with Crippen LogP contribution in [0.25, 0.3) is 0 Å². The first-order valence-corrected chi connectivity index (χ1v) is 6.13. The Morgan fingerprint density at radius 3 is 2.36 bits per heavy atom. The summed E-state index contributed by atoms with van der Waals surface area (Å²) in [6.07, 6.45) is 1.44. The smallest absolute Gasteiger partial charge is 0.0166 e. The minimum atomic E-state index is 0.641. The molecule has 1 aliphatic carbocycles. The molecular formula is C12H26N2. The maximum absolute atomic E-state index is 3.63. The third kappa shape index (κ3) is 3.97. The number of rotatable bonds is 7. The molecule has 3 atom stereocenters. The summed E-state index contributed by atoms with van der Waals surface area (Å²) in [5.74, 6) is 1.94. The molecule has 0 saturated heterocycles. The van der Waals surface area contributed by atoms with Gasteiger partial charge in [0.1, 0.15) is 0 Å². The van der Waals surface area contributed by atoms with E-state index in [1.54, 1.807) is 0 Å². The summed E-state index contributed by atoms with van der Waals surface area (Å²) in [6, 6.07) is 0.641. The molecule has 14 heavy (non-hydrogen) atoms. The molecule has 0 bridgehead atoms. The number of hydrogen-bond acceptors (Lipinski definition) is 2. The standard InChI is InChI=1S/C12H26N2/c1-5-14(6-2)9-11(4)13-8-12-7-10(12)3/h10-13H,5-9H2,1-4H3. The van der Waals surface area contributed by atoms with E-state index in [-0.39, 0.29) is 0 Å². The van der Waals surface area contributed by atoms with Crippen LogP contribution in [0.15, 0.2) is 0 Å². The van der Waals surface area contributed by atoms with E-state index in [0.717, 1.165) is 11.8 Å². The van der Waals surface area contributed by atoms with Crippen LogP contribution in [0.5, 0.6) is 0 Å². The fraction of sp³-hybridized carbons (Fsp3) is 1.00. The molecule has 2 heteroatoms. The summed E-state index contributed by atoms with van der Waals surface area (Å²) in [5.41, 5.74) is 0. The molecule has 1 saturated carbocycles. The minimum absolute atomic E-state index is 0.641. The Labute approximate surface area is 89.1 Å². The van der Waals surface area contributed by atoms with Gasteiger partial charge in [0.05, 0.1) is 0 Å². The lowest BCUT2D eigenvalue weighted by Crippen LogP contribution is -2.39. The first-order chi connectivity index (χ1) is 6.67. The molecule has 0 aromatic rings. The fourth-order valence-corrected chi connectivity index (χ4v) is 1.97. The molecule has 1 rings (SSSR count). The monoisotopic (exact) mass is 198 g/mol. The Morgan fingerprint density at radius 1 is 1.36 bits per heavy atom. The molecule has 1 aliphatic rings. The fourth-order valence-electron chi connectivity index (χ4n) is 1.97. The second-order valence-electron chi connectivity index (χ2n) is 4.77. The summed E-state index contributed by atoms with van der Waals surface area (Å²) < 4.78 is 0. The Bertz CT molecular complexity index is 154. The minimum Gasteiger partial charge on any atom is -0.313 e. The zero-order valence-corrected chi connectivity index (χ0v) is 10.2. The van der Waals surface area contributed by atoms with Crippen molar-refractivity contribution in [1.82, 2.24) is 10.2 Å². The SMILES string of the molecule is CCN(CC)CC(C)NCC1CC1C. The molecule has 0 amide bonds. The number of nitrogens with zero attached hydrogens (tertiary/aromatic N) is 1. The zero-order chi connectivity index (χ0) is 10.6. The second-order valence-corrected chi connectivity index (χ2v) is 4.77. The van der Waals surface area contributed by atoms with Gasteiger partial charge in [0.2, 0.25) is 0 Å². The van der Waals surface area contributed by atoms with Crippen molar-refractivity contribution in [1.29, 1.82) is 0 Å². The molecule has 1 N–H and O–H groups in total. The Morgan fingerprint density at radius 2 is 1.93 bits per heavy atom. The van der Waals surface area contributed by atoms with Crippen LogP contribution in [0, 0.1) is 11.8 Å². The van der Waals surface area contributed by atoms with Crippen molar-refractivity contribution in [3.05, 3.63) is 0 Å². The van der Waals surface area contributed by atoms with Gasteiger partial charge in [0.15, 0.2) is 0 Å². The lowest BCUT2D eigenvalue weighted by molar-refractivity contribution is 0.270. The van der Waals surface area contributed by atoms with Crippen molar-refractivity contribution < 1.29 is 0 Å². The van der Waals surface area contributed by atoms with Crippen LogP contribution in [0.2, 0.25) is 0 Å². The molecule has 0 radical (unpaired) electrons. The predicted molar refractivity (Wildman–Crippen MR) is 62.5 cm³/mol. The highest BCUT2D eigenvalue weighted by Gasteiger charge is 2.31. The Balaban J connectivity index is 2.05. The highest BCUT2D eigenvalue weighted by Crippen LogP contribution is 2.36. The third-order valence-electron chi connectivity index (χ3n) is 3.43. The average Bonchev–Trinajstić information content (AvgIpc) is 2.88. The van der Waals surface area contributed by atoms with Crippen molar-refractivity contribution in [2.45, 2.75) is 40.2 Å². The number of nitrogens with one attached hydrogen (secondary N) is 1. The van der Waals surface area contributed by atoms with Crippen molar-refractivity contribution in [3.63, 3.8) is 0 Å². The topological polar surface area (TPSA) is 15.3 Å². The Hall–Kier alpha value is -0.0800. The quantitative estimate of drug-likeness (QED) is 0.673. The summed E-state index contributed by atoms with van der Waals surface area (Å²) in [4.78, 5) is 2.48. The van der Waals surface area contributed by atoms with Gasteiger partial charge in [0, 0.05) is 12.6 Å². The van der Waals surface area contributed by atoms with Gasteiger partial charge < -0.3 is 10.2 Å². The molecule has 0 aromatic heterocycles. The zero-order valence-electron chi connectivity index (χ0n) is 10.2. The van der Waals surface area contributed by atoms with Gasteiger partial charge in [-0.1, -0.05) is 20.8 Å². The number of hydrogen-bond donors (Lipinski definition) is 1. The highest BCUT2D eigenvalue weighted by molar-refractivity contribution is 4.85. The summed E-state index contributed by atoms with van der Waals surface area (Å²) >= 11 is 0. The maximum atomic E-state index is 3.63. The molecule has 0 aromatic carbocycles. The summed E-state index contributed by atoms with van der Waals surface area (Å²) in [7, 11) is 0. The lowest BCUT2D eigenvalue weighted by atomic mass is 10.2. The second kappa shape index (κ2) is 5.72. The van der Waals surface area contributed by atoms with Crippen LogP contribution >= 0.6 is 0 Å². The van der Waals surface area contributed by atoms with Gasteiger partial charge in [-0.3, -0.25) is 0 Å². The van der Waals surface area contributed by atoms with Crippen molar-refractivity contribution >= 4 is 0 Å². The van der Waals surface area contributed by atoms with E-state index in [0.29, 0.717) is 6.04 Å². The number of likely N-dealkylation sites (N-methyl/N-ethyl adjacent to an activating group) is 1. The lowest BCUT2D eigenvalue weighted by Gasteiger charge is -2.23. The van der Waals surface area contributed by atoms with E-state index < -0.39 is 0 Å². The largest absolute Gasteiger partial charge is 0.313 e.